The van der Waals surface area contributed by atoms with Crippen molar-refractivity contribution in [2.24, 2.45) is 23.7 Å². The Morgan fingerprint density at radius 3 is 2.29 bits per heavy atom. The zero-order valence-electron chi connectivity index (χ0n) is 12.5. The van der Waals surface area contributed by atoms with Gasteiger partial charge in [-0.2, -0.15) is 4.98 Å². The zero-order valence-corrected chi connectivity index (χ0v) is 12.5. The molecule has 0 saturated heterocycles. The Kier molecular flexibility index (Phi) is 2.59. The van der Waals surface area contributed by atoms with Crippen LogP contribution in [0.1, 0.15) is 63.1 Å². The molecule has 6 rings (SSSR count). The molecule has 1 N–H and O–H groups in total. The molecule has 1 aromatic heterocycles. The van der Waals surface area contributed by atoms with Gasteiger partial charge in [0.25, 0.3) is 0 Å². The lowest BCUT2D eigenvalue weighted by Gasteiger charge is -2.55. The van der Waals surface area contributed by atoms with E-state index in [2.05, 4.69) is 5.16 Å². The van der Waals surface area contributed by atoms with Crippen LogP contribution in [0.25, 0.3) is 0 Å². The zero-order chi connectivity index (χ0) is 14.0. The normalized spacial score (nSPS) is 42.4. The van der Waals surface area contributed by atoms with E-state index in [-0.39, 0.29) is 11.5 Å². The molecule has 1 heterocycles. The highest BCUT2D eigenvalue weighted by atomic mass is 16.5. The Bertz CT molecular complexity index is 513. The summed E-state index contributed by atoms with van der Waals surface area (Å²) in [6.45, 7) is 0. The molecule has 4 nitrogen and oxygen atoms in total. The number of aromatic nitrogens is 2. The second-order valence-electron chi connectivity index (χ2n) is 8.32. The molecule has 0 aromatic carbocycles. The Hall–Kier alpha value is -0.900. The second kappa shape index (κ2) is 4.31. The number of nitrogens with zero attached hydrogens (tertiary/aromatic N) is 2. The molecule has 0 aliphatic heterocycles. The maximum atomic E-state index is 10.1. The number of aliphatic hydroxyl groups excluding tert-OH is 1. The summed E-state index contributed by atoms with van der Waals surface area (Å²) in [4.78, 5) is 4.71. The van der Waals surface area contributed by atoms with E-state index in [0.717, 1.165) is 36.4 Å². The van der Waals surface area contributed by atoms with Crippen molar-refractivity contribution >= 4 is 0 Å². The predicted molar refractivity (Wildman–Crippen MR) is 76.6 cm³/mol. The van der Waals surface area contributed by atoms with Gasteiger partial charge in [-0.05, 0) is 75.0 Å². The third-order valence-corrected chi connectivity index (χ3v) is 6.53. The van der Waals surface area contributed by atoms with Crippen molar-refractivity contribution in [2.75, 3.05) is 0 Å². The summed E-state index contributed by atoms with van der Waals surface area (Å²) in [6, 6.07) is 0. The summed E-state index contributed by atoms with van der Waals surface area (Å²) in [5.41, 5.74) is 0.209. The third kappa shape index (κ3) is 2.06. The highest BCUT2D eigenvalue weighted by Gasteiger charge is 2.53. The highest BCUT2D eigenvalue weighted by Crippen LogP contribution is 2.60. The van der Waals surface area contributed by atoms with E-state index in [1.54, 1.807) is 0 Å². The molecule has 0 amide bonds. The van der Waals surface area contributed by atoms with Crippen molar-refractivity contribution in [2.45, 2.75) is 69.3 Å². The first-order chi connectivity index (χ1) is 10.2. The average molecular weight is 288 g/mol. The number of rotatable bonds is 4. The van der Waals surface area contributed by atoms with Crippen molar-refractivity contribution in [3.8, 4) is 0 Å². The summed E-state index contributed by atoms with van der Waals surface area (Å²) in [7, 11) is 0. The lowest BCUT2D eigenvalue weighted by atomic mass is 9.49. The molecule has 5 saturated carbocycles. The maximum absolute atomic E-state index is 10.1. The minimum Gasteiger partial charge on any atom is -0.392 e. The minimum absolute atomic E-state index is 0.209. The van der Waals surface area contributed by atoms with E-state index < -0.39 is 0 Å². The molecule has 0 radical (unpaired) electrons. The summed E-state index contributed by atoms with van der Waals surface area (Å²) in [6.07, 6.45) is 10.7. The molecule has 5 aliphatic carbocycles. The van der Waals surface area contributed by atoms with Crippen molar-refractivity contribution in [1.82, 2.24) is 10.1 Å². The smallest absolute Gasteiger partial charge is 0.229 e. The van der Waals surface area contributed by atoms with Crippen molar-refractivity contribution in [1.29, 1.82) is 0 Å². The molecule has 114 valence electrons. The van der Waals surface area contributed by atoms with Gasteiger partial charge in [-0.15, -0.1) is 0 Å². The SMILES string of the molecule is OC(Cc1nc(C23CC4CC(CC(C4)C2)C3)no1)C1CC1. The molecule has 21 heavy (non-hydrogen) atoms. The van der Waals surface area contributed by atoms with Crippen LogP contribution >= 0.6 is 0 Å². The molecule has 1 aromatic rings. The largest absolute Gasteiger partial charge is 0.392 e. The second-order valence-corrected chi connectivity index (χ2v) is 8.32. The molecular weight excluding hydrogens is 264 g/mol. The molecule has 5 fully saturated rings. The molecule has 1 unspecified atom stereocenters. The number of hydrogen-bond donors (Lipinski definition) is 1. The van der Waals surface area contributed by atoms with Crippen molar-refractivity contribution < 1.29 is 9.63 Å². The van der Waals surface area contributed by atoms with Crippen LogP contribution in [0.4, 0.5) is 0 Å². The maximum Gasteiger partial charge on any atom is 0.229 e. The first-order valence-corrected chi connectivity index (χ1v) is 8.71. The lowest BCUT2D eigenvalue weighted by Crippen LogP contribution is -2.49. The number of hydrogen-bond acceptors (Lipinski definition) is 4. The van der Waals surface area contributed by atoms with E-state index in [1.165, 1.54) is 38.5 Å². The van der Waals surface area contributed by atoms with E-state index in [4.69, 9.17) is 9.51 Å². The lowest BCUT2D eigenvalue weighted by molar-refractivity contribution is -0.0103. The van der Waals surface area contributed by atoms with Gasteiger partial charge in [0.2, 0.25) is 5.89 Å². The van der Waals surface area contributed by atoms with E-state index in [1.807, 2.05) is 0 Å². The van der Waals surface area contributed by atoms with Gasteiger partial charge in [0.15, 0.2) is 5.82 Å². The summed E-state index contributed by atoms with van der Waals surface area (Å²) in [5, 5.41) is 14.4. The first kappa shape index (κ1) is 12.6. The molecule has 0 spiro atoms. The van der Waals surface area contributed by atoms with Crippen LogP contribution in [0.3, 0.4) is 0 Å². The van der Waals surface area contributed by atoms with Gasteiger partial charge in [-0.1, -0.05) is 5.16 Å². The average Bonchev–Trinajstić information content (AvgIpc) is 3.17. The van der Waals surface area contributed by atoms with Gasteiger partial charge in [0.05, 0.1) is 12.5 Å². The number of aliphatic hydroxyl groups is 1. The quantitative estimate of drug-likeness (QED) is 0.925. The molecule has 5 aliphatic rings. The summed E-state index contributed by atoms with van der Waals surface area (Å²) < 4.78 is 5.48. The van der Waals surface area contributed by atoms with Gasteiger partial charge in [-0.3, -0.25) is 0 Å². The Morgan fingerprint density at radius 2 is 1.71 bits per heavy atom. The van der Waals surface area contributed by atoms with Gasteiger partial charge in [-0.25, -0.2) is 0 Å². The molecule has 4 heteroatoms. The Labute approximate surface area is 125 Å². The van der Waals surface area contributed by atoms with E-state index in [9.17, 15) is 5.11 Å². The van der Waals surface area contributed by atoms with Crippen molar-refractivity contribution in [3.05, 3.63) is 11.7 Å². The Balaban J connectivity index is 1.38. The third-order valence-electron chi connectivity index (χ3n) is 6.53. The van der Waals surface area contributed by atoms with Crippen LogP contribution in [0, 0.1) is 23.7 Å². The van der Waals surface area contributed by atoms with Crippen LogP contribution in [-0.4, -0.2) is 21.4 Å². The molecule has 1 atom stereocenters. The van der Waals surface area contributed by atoms with Crippen LogP contribution in [0.15, 0.2) is 4.52 Å². The fraction of sp³-hybridized carbons (Fsp3) is 0.882. The van der Waals surface area contributed by atoms with E-state index >= 15 is 0 Å². The fourth-order valence-electron chi connectivity index (χ4n) is 5.76. The van der Waals surface area contributed by atoms with Crippen LogP contribution in [0.2, 0.25) is 0 Å². The van der Waals surface area contributed by atoms with Crippen LogP contribution in [-0.2, 0) is 11.8 Å². The summed E-state index contributed by atoms with van der Waals surface area (Å²) in [5.74, 6) is 4.78. The standard InChI is InChI=1S/C17H24N2O2/c20-14(13-1-2-13)6-15-18-16(19-21-15)17-7-10-3-11(8-17)5-12(4-10)9-17/h10-14,20H,1-9H2. The topological polar surface area (TPSA) is 59.2 Å². The monoisotopic (exact) mass is 288 g/mol. The predicted octanol–water partition coefficient (Wildman–Crippen LogP) is 2.85. The molecular formula is C17H24N2O2. The minimum atomic E-state index is -0.283. The van der Waals surface area contributed by atoms with Gasteiger partial charge in [0.1, 0.15) is 0 Å². The van der Waals surface area contributed by atoms with Gasteiger partial charge >= 0.3 is 0 Å². The Morgan fingerprint density at radius 1 is 1.10 bits per heavy atom. The molecule has 4 bridgehead atoms. The highest BCUT2D eigenvalue weighted by molar-refractivity contribution is 5.16. The van der Waals surface area contributed by atoms with Gasteiger partial charge in [0, 0.05) is 5.41 Å². The van der Waals surface area contributed by atoms with Crippen LogP contribution < -0.4 is 0 Å². The fourth-order valence-corrected chi connectivity index (χ4v) is 5.76. The van der Waals surface area contributed by atoms with Crippen molar-refractivity contribution in [3.63, 3.8) is 0 Å². The summed E-state index contributed by atoms with van der Waals surface area (Å²) >= 11 is 0. The van der Waals surface area contributed by atoms with Crippen LogP contribution in [0.5, 0.6) is 0 Å². The van der Waals surface area contributed by atoms with Gasteiger partial charge < -0.3 is 9.63 Å². The first-order valence-electron chi connectivity index (χ1n) is 8.71. The van der Waals surface area contributed by atoms with E-state index in [0.29, 0.717) is 18.2 Å².